The molecule has 3 rings (SSSR count). The minimum atomic E-state index is -0.973. The highest BCUT2D eigenvalue weighted by Gasteiger charge is 2.36. The third-order valence-electron chi connectivity index (χ3n) is 3.60. The Morgan fingerprint density at radius 3 is 2.76 bits per heavy atom. The first-order valence-corrected chi connectivity index (χ1v) is 6.53. The van der Waals surface area contributed by atoms with Gasteiger partial charge in [-0.25, -0.2) is 8.78 Å². The van der Waals surface area contributed by atoms with Crippen LogP contribution in [0, 0.1) is 11.6 Å². The van der Waals surface area contributed by atoms with Gasteiger partial charge in [-0.05, 0) is 36.2 Å². The van der Waals surface area contributed by atoms with Crippen LogP contribution in [-0.2, 0) is 0 Å². The standard InChI is InChI=1S/C15H13F2NO3/c16-11-4-3-9(6-12(11)17)13-7-10(19)8-18(13)15(20)14-2-1-5-21-14/h1-6,10,13,19H,7-8H2/t10-,13-/m0/s1. The van der Waals surface area contributed by atoms with Gasteiger partial charge in [0.2, 0.25) is 0 Å². The average molecular weight is 293 g/mol. The van der Waals surface area contributed by atoms with Crippen LogP contribution in [0.2, 0.25) is 0 Å². The molecule has 1 N–H and O–H groups in total. The number of aliphatic hydroxyl groups excluding tert-OH is 1. The van der Waals surface area contributed by atoms with E-state index in [9.17, 15) is 18.7 Å². The van der Waals surface area contributed by atoms with Gasteiger partial charge < -0.3 is 14.4 Å². The van der Waals surface area contributed by atoms with Crippen LogP contribution in [0.5, 0.6) is 0 Å². The predicted octanol–water partition coefficient (Wildman–Crippen LogP) is 2.51. The number of β-amino-alcohol motifs (C(OH)–C–C–N with tert-alkyl or cyclic N) is 1. The number of benzene rings is 1. The van der Waals surface area contributed by atoms with E-state index in [-0.39, 0.29) is 24.6 Å². The highest BCUT2D eigenvalue weighted by Crippen LogP contribution is 2.34. The lowest BCUT2D eigenvalue weighted by Crippen LogP contribution is -2.31. The molecule has 1 fully saturated rings. The van der Waals surface area contributed by atoms with Gasteiger partial charge in [0.1, 0.15) is 0 Å². The van der Waals surface area contributed by atoms with Gasteiger partial charge >= 0.3 is 0 Å². The molecule has 1 amide bonds. The van der Waals surface area contributed by atoms with E-state index in [2.05, 4.69) is 0 Å². The van der Waals surface area contributed by atoms with Gasteiger partial charge in [-0.15, -0.1) is 0 Å². The van der Waals surface area contributed by atoms with E-state index >= 15 is 0 Å². The molecule has 1 aromatic carbocycles. The summed E-state index contributed by atoms with van der Waals surface area (Å²) in [6.07, 6.45) is 0.950. The zero-order valence-corrected chi connectivity index (χ0v) is 11.0. The number of hydrogen-bond acceptors (Lipinski definition) is 3. The molecule has 2 aromatic rings. The summed E-state index contributed by atoms with van der Waals surface area (Å²) in [7, 11) is 0. The van der Waals surface area contributed by atoms with Gasteiger partial charge in [0.05, 0.1) is 18.4 Å². The minimum absolute atomic E-state index is 0.128. The summed E-state index contributed by atoms with van der Waals surface area (Å²) in [5.41, 5.74) is 0.449. The molecule has 0 unspecified atom stereocenters. The van der Waals surface area contributed by atoms with Crippen molar-refractivity contribution in [3.05, 3.63) is 59.6 Å². The van der Waals surface area contributed by atoms with E-state index in [1.54, 1.807) is 6.07 Å². The molecule has 0 radical (unpaired) electrons. The van der Waals surface area contributed by atoms with E-state index in [0.717, 1.165) is 12.1 Å². The number of hydrogen-bond donors (Lipinski definition) is 1. The first-order chi connectivity index (χ1) is 10.1. The zero-order chi connectivity index (χ0) is 15.0. The molecule has 0 bridgehead atoms. The van der Waals surface area contributed by atoms with Gasteiger partial charge in [0, 0.05) is 6.54 Å². The SMILES string of the molecule is O=C(c1ccco1)N1C[C@@H](O)C[C@H]1c1ccc(F)c(F)c1. The number of carbonyl (C=O) groups excluding carboxylic acids is 1. The summed E-state index contributed by atoms with van der Waals surface area (Å²) in [4.78, 5) is 13.8. The first-order valence-electron chi connectivity index (χ1n) is 6.53. The topological polar surface area (TPSA) is 53.7 Å². The lowest BCUT2D eigenvalue weighted by atomic mass is 10.0. The first kappa shape index (κ1) is 13.8. The number of halogens is 2. The third-order valence-corrected chi connectivity index (χ3v) is 3.60. The largest absolute Gasteiger partial charge is 0.459 e. The van der Waals surface area contributed by atoms with Gasteiger partial charge in [0.15, 0.2) is 17.4 Å². The van der Waals surface area contributed by atoms with Crippen LogP contribution in [0.15, 0.2) is 41.0 Å². The van der Waals surface area contributed by atoms with Crippen molar-refractivity contribution < 1.29 is 23.1 Å². The molecule has 0 spiro atoms. The van der Waals surface area contributed by atoms with E-state index in [1.807, 2.05) is 0 Å². The van der Waals surface area contributed by atoms with E-state index in [0.29, 0.717) is 5.56 Å². The normalized spacial score (nSPS) is 21.8. The summed E-state index contributed by atoms with van der Waals surface area (Å²) in [5.74, 6) is -2.15. The molecule has 0 aliphatic carbocycles. The molecular formula is C15H13F2NO3. The molecule has 2 heterocycles. The zero-order valence-electron chi connectivity index (χ0n) is 11.0. The van der Waals surface area contributed by atoms with E-state index in [1.165, 1.54) is 23.3 Å². The fourth-order valence-corrected chi connectivity index (χ4v) is 2.62. The third kappa shape index (κ3) is 2.54. The predicted molar refractivity (Wildman–Crippen MR) is 69.5 cm³/mol. The molecule has 1 aromatic heterocycles. The number of likely N-dealkylation sites (tertiary alicyclic amines) is 1. The van der Waals surface area contributed by atoms with Crippen molar-refractivity contribution in [1.29, 1.82) is 0 Å². The Morgan fingerprint density at radius 2 is 2.10 bits per heavy atom. The maximum atomic E-state index is 13.4. The summed E-state index contributed by atoms with van der Waals surface area (Å²) < 4.78 is 31.5. The second-order valence-corrected chi connectivity index (χ2v) is 5.01. The number of aliphatic hydroxyl groups is 1. The Hall–Kier alpha value is -2.21. The van der Waals surface area contributed by atoms with Crippen molar-refractivity contribution in [1.82, 2.24) is 4.90 Å². The smallest absolute Gasteiger partial charge is 0.290 e. The summed E-state index contributed by atoms with van der Waals surface area (Å²) in [6.45, 7) is 0.128. The molecule has 1 saturated heterocycles. The summed E-state index contributed by atoms with van der Waals surface area (Å²) in [5, 5.41) is 9.81. The lowest BCUT2D eigenvalue weighted by molar-refractivity contribution is 0.0683. The number of nitrogens with zero attached hydrogens (tertiary/aromatic N) is 1. The van der Waals surface area contributed by atoms with Crippen molar-refractivity contribution >= 4 is 5.91 Å². The van der Waals surface area contributed by atoms with Crippen LogP contribution in [0.25, 0.3) is 0 Å². The van der Waals surface area contributed by atoms with Gasteiger partial charge in [-0.1, -0.05) is 6.07 Å². The average Bonchev–Trinajstić information content (AvgIpc) is 3.10. The number of furan rings is 1. The highest BCUT2D eigenvalue weighted by atomic mass is 19.2. The maximum Gasteiger partial charge on any atom is 0.290 e. The lowest BCUT2D eigenvalue weighted by Gasteiger charge is -2.23. The quantitative estimate of drug-likeness (QED) is 0.925. The molecule has 21 heavy (non-hydrogen) atoms. The van der Waals surface area contributed by atoms with Crippen molar-refractivity contribution in [2.45, 2.75) is 18.6 Å². The van der Waals surface area contributed by atoms with Gasteiger partial charge in [-0.3, -0.25) is 4.79 Å². The van der Waals surface area contributed by atoms with E-state index < -0.39 is 23.8 Å². The molecule has 1 aliphatic heterocycles. The van der Waals surface area contributed by atoms with Crippen molar-refractivity contribution in [2.24, 2.45) is 0 Å². The van der Waals surface area contributed by atoms with Crippen LogP contribution in [-0.4, -0.2) is 28.6 Å². The monoisotopic (exact) mass is 293 g/mol. The second-order valence-electron chi connectivity index (χ2n) is 5.01. The molecular weight excluding hydrogens is 280 g/mol. The fraction of sp³-hybridized carbons (Fsp3) is 0.267. The van der Waals surface area contributed by atoms with Crippen LogP contribution in [0.3, 0.4) is 0 Å². The molecule has 0 saturated carbocycles. The Labute approximate surface area is 119 Å². The molecule has 6 heteroatoms. The van der Waals surface area contributed by atoms with Crippen LogP contribution >= 0.6 is 0 Å². The Balaban J connectivity index is 1.92. The fourth-order valence-electron chi connectivity index (χ4n) is 2.62. The summed E-state index contributed by atoms with van der Waals surface area (Å²) in [6, 6.07) is 6.10. The van der Waals surface area contributed by atoms with Crippen molar-refractivity contribution in [3.63, 3.8) is 0 Å². The van der Waals surface area contributed by atoms with Crippen LogP contribution < -0.4 is 0 Å². The number of rotatable bonds is 2. The van der Waals surface area contributed by atoms with E-state index in [4.69, 9.17) is 4.42 Å². The van der Waals surface area contributed by atoms with Gasteiger partial charge in [-0.2, -0.15) is 0 Å². The Bertz CT molecular complexity index is 657. The minimum Gasteiger partial charge on any atom is -0.459 e. The molecule has 1 aliphatic rings. The van der Waals surface area contributed by atoms with Crippen molar-refractivity contribution in [3.8, 4) is 0 Å². The number of carbonyl (C=O) groups is 1. The van der Waals surface area contributed by atoms with Crippen LogP contribution in [0.4, 0.5) is 8.78 Å². The van der Waals surface area contributed by atoms with Crippen LogP contribution in [0.1, 0.15) is 28.6 Å². The molecule has 2 atom stereocenters. The number of amides is 1. The maximum absolute atomic E-state index is 13.4. The van der Waals surface area contributed by atoms with Gasteiger partial charge in [0.25, 0.3) is 5.91 Å². The highest BCUT2D eigenvalue weighted by molar-refractivity contribution is 5.92. The Kier molecular flexibility index (Phi) is 3.47. The second kappa shape index (κ2) is 5.29. The molecule has 110 valence electrons. The summed E-state index contributed by atoms with van der Waals surface area (Å²) >= 11 is 0. The molecule has 4 nitrogen and oxygen atoms in total. The van der Waals surface area contributed by atoms with Crippen molar-refractivity contribution in [2.75, 3.05) is 6.54 Å². The Morgan fingerprint density at radius 1 is 1.29 bits per heavy atom.